The first-order valence-electron chi connectivity index (χ1n) is 7.33. The van der Waals surface area contributed by atoms with Crippen LogP contribution in [-0.4, -0.2) is 42.3 Å². The number of carbonyl (C=O) groups is 2. The first-order chi connectivity index (χ1) is 11.1. The van der Waals surface area contributed by atoms with Crippen molar-refractivity contribution in [1.82, 2.24) is 5.32 Å². The van der Waals surface area contributed by atoms with Crippen molar-refractivity contribution in [1.29, 1.82) is 0 Å². The molecule has 0 aliphatic carbocycles. The molecule has 1 unspecified atom stereocenters. The molecule has 1 heterocycles. The largest absolute Gasteiger partial charge is 0.484 e. The minimum atomic E-state index is -1.34. The summed E-state index contributed by atoms with van der Waals surface area (Å²) in [6.07, 6.45) is 0.254. The third-order valence-electron chi connectivity index (χ3n) is 3.90. The van der Waals surface area contributed by atoms with Crippen molar-refractivity contribution < 1.29 is 24.2 Å². The van der Waals surface area contributed by atoms with Crippen LogP contribution in [0.1, 0.15) is 6.42 Å². The lowest BCUT2D eigenvalue weighted by Crippen LogP contribution is -2.56. The first kappa shape index (κ1) is 15.3. The van der Waals surface area contributed by atoms with Crippen LogP contribution < -0.4 is 10.1 Å². The van der Waals surface area contributed by atoms with Gasteiger partial charge in [0, 0.05) is 13.0 Å². The normalized spacial score (nSPS) is 20.3. The van der Waals surface area contributed by atoms with Crippen molar-refractivity contribution in [2.45, 2.75) is 12.0 Å². The lowest BCUT2D eigenvalue weighted by atomic mass is 9.99. The molecule has 3 rings (SSSR count). The fourth-order valence-corrected chi connectivity index (χ4v) is 2.59. The van der Waals surface area contributed by atoms with Crippen LogP contribution in [0.2, 0.25) is 0 Å². The van der Waals surface area contributed by atoms with Gasteiger partial charge in [0.1, 0.15) is 5.75 Å². The molecule has 1 aliphatic rings. The van der Waals surface area contributed by atoms with Crippen molar-refractivity contribution in [3.8, 4) is 5.75 Å². The van der Waals surface area contributed by atoms with Gasteiger partial charge in [-0.3, -0.25) is 4.79 Å². The molecule has 1 saturated heterocycles. The number of rotatable bonds is 5. The molecule has 0 bridgehead atoms. The molecule has 23 heavy (non-hydrogen) atoms. The molecule has 0 spiro atoms. The van der Waals surface area contributed by atoms with Crippen molar-refractivity contribution in [2.75, 3.05) is 19.8 Å². The molecule has 1 fully saturated rings. The fraction of sp³-hybridized carbons (Fsp3) is 0.294. The Hall–Kier alpha value is -2.60. The number of carbonyl (C=O) groups excluding carboxylic acids is 1. The quantitative estimate of drug-likeness (QED) is 0.875. The number of carboxylic acid groups (broad SMARTS) is 1. The highest BCUT2D eigenvalue weighted by Gasteiger charge is 2.43. The van der Waals surface area contributed by atoms with Crippen LogP contribution in [0.3, 0.4) is 0 Å². The Kier molecular flexibility index (Phi) is 4.16. The van der Waals surface area contributed by atoms with E-state index in [1.807, 2.05) is 36.4 Å². The van der Waals surface area contributed by atoms with Gasteiger partial charge in [0.05, 0.1) is 6.61 Å². The maximum Gasteiger partial charge on any atom is 0.331 e. The Morgan fingerprint density at radius 1 is 1.22 bits per heavy atom. The average molecular weight is 315 g/mol. The van der Waals surface area contributed by atoms with Crippen molar-refractivity contribution in [3.63, 3.8) is 0 Å². The van der Waals surface area contributed by atoms with Crippen LogP contribution in [0.5, 0.6) is 5.75 Å². The Bertz CT molecular complexity index is 737. The van der Waals surface area contributed by atoms with E-state index in [4.69, 9.17) is 9.47 Å². The van der Waals surface area contributed by atoms with Crippen LogP contribution in [0.15, 0.2) is 42.5 Å². The Balaban J connectivity index is 1.62. The van der Waals surface area contributed by atoms with Gasteiger partial charge in [-0.05, 0) is 22.9 Å². The third-order valence-corrected chi connectivity index (χ3v) is 3.90. The summed E-state index contributed by atoms with van der Waals surface area (Å²) in [5.41, 5.74) is -1.34. The van der Waals surface area contributed by atoms with E-state index < -0.39 is 17.4 Å². The topological polar surface area (TPSA) is 84.9 Å². The number of hydrogen-bond donors (Lipinski definition) is 2. The summed E-state index contributed by atoms with van der Waals surface area (Å²) in [7, 11) is 0. The first-order valence-corrected chi connectivity index (χ1v) is 7.33. The minimum Gasteiger partial charge on any atom is -0.484 e. The molecule has 1 aliphatic heterocycles. The second-order valence-electron chi connectivity index (χ2n) is 5.54. The van der Waals surface area contributed by atoms with Gasteiger partial charge in [-0.1, -0.05) is 30.3 Å². The van der Waals surface area contributed by atoms with E-state index in [9.17, 15) is 14.7 Å². The Morgan fingerprint density at radius 2 is 2.00 bits per heavy atom. The second kappa shape index (κ2) is 6.26. The number of fused-ring (bicyclic) bond motifs is 1. The molecule has 2 aromatic rings. The van der Waals surface area contributed by atoms with Crippen LogP contribution in [0.25, 0.3) is 10.8 Å². The van der Waals surface area contributed by atoms with E-state index in [1.54, 1.807) is 6.07 Å². The summed E-state index contributed by atoms with van der Waals surface area (Å²) >= 11 is 0. The number of amides is 1. The molecule has 2 N–H and O–H groups in total. The van der Waals surface area contributed by atoms with Gasteiger partial charge in [0.2, 0.25) is 0 Å². The van der Waals surface area contributed by atoms with Crippen LogP contribution in [0, 0.1) is 0 Å². The molecule has 6 heteroatoms. The van der Waals surface area contributed by atoms with Gasteiger partial charge < -0.3 is 19.9 Å². The van der Waals surface area contributed by atoms with Gasteiger partial charge >= 0.3 is 5.97 Å². The predicted octanol–water partition coefficient (Wildman–Crippen LogP) is 1.58. The minimum absolute atomic E-state index is 0.0238. The van der Waals surface area contributed by atoms with Crippen molar-refractivity contribution >= 4 is 22.6 Å². The summed E-state index contributed by atoms with van der Waals surface area (Å²) in [4.78, 5) is 23.3. The molecule has 120 valence electrons. The highest BCUT2D eigenvalue weighted by molar-refractivity contribution is 5.88. The number of nitrogens with one attached hydrogen (secondary N) is 1. The zero-order chi connectivity index (χ0) is 16.3. The third kappa shape index (κ3) is 3.27. The summed E-state index contributed by atoms with van der Waals surface area (Å²) in [5.74, 6) is -1.01. The number of aliphatic carboxylic acids is 1. The predicted molar refractivity (Wildman–Crippen MR) is 83.4 cm³/mol. The lowest BCUT2D eigenvalue weighted by molar-refractivity contribution is -0.148. The lowest BCUT2D eigenvalue weighted by Gasteiger charge is -2.23. The molecule has 1 amide bonds. The SMILES string of the molecule is O=C(COc1ccc2ccccc2c1)NC1(C(=O)O)CCOC1. The maximum absolute atomic E-state index is 12.0. The van der Waals surface area contributed by atoms with E-state index in [0.29, 0.717) is 12.4 Å². The average Bonchev–Trinajstić information content (AvgIpc) is 3.02. The second-order valence-corrected chi connectivity index (χ2v) is 5.54. The van der Waals surface area contributed by atoms with E-state index in [2.05, 4.69) is 5.32 Å². The van der Waals surface area contributed by atoms with Crippen LogP contribution >= 0.6 is 0 Å². The van der Waals surface area contributed by atoms with E-state index in [0.717, 1.165) is 10.8 Å². The fourth-order valence-electron chi connectivity index (χ4n) is 2.59. The number of carboxylic acids is 1. The maximum atomic E-state index is 12.0. The molecule has 0 saturated carbocycles. The molecule has 2 aromatic carbocycles. The molecule has 0 radical (unpaired) electrons. The molecule has 6 nitrogen and oxygen atoms in total. The van der Waals surface area contributed by atoms with Crippen molar-refractivity contribution in [3.05, 3.63) is 42.5 Å². The summed E-state index contributed by atoms with van der Waals surface area (Å²) in [6, 6.07) is 13.3. The highest BCUT2D eigenvalue weighted by Crippen LogP contribution is 2.21. The van der Waals surface area contributed by atoms with Crippen LogP contribution in [-0.2, 0) is 14.3 Å². The monoisotopic (exact) mass is 315 g/mol. The molecule has 1 atom stereocenters. The van der Waals surface area contributed by atoms with Gasteiger partial charge in [0.15, 0.2) is 12.1 Å². The standard InChI is InChI=1S/C17H17NO5/c19-15(18-17(16(20)21)7-8-22-11-17)10-23-14-6-5-12-3-1-2-4-13(12)9-14/h1-6,9H,7-8,10-11H2,(H,18,19)(H,20,21). The van der Waals surface area contributed by atoms with Gasteiger partial charge in [-0.2, -0.15) is 0 Å². The number of ether oxygens (including phenoxy) is 2. The van der Waals surface area contributed by atoms with Gasteiger partial charge in [-0.25, -0.2) is 4.79 Å². The summed E-state index contributed by atoms with van der Waals surface area (Å²) < 4.78 is 10.6. The van der Waals surface area contributed by atoms with E-state index >= 15 is 0 Å². The zero-order valence-corrected chi connectivity index (χ0v) is 12.5. The molecular formula is C17H17NO5. The molecular weight excluding hydrogens is 298 g/mol. The van der Waals surface area contributed by atoms with E-state index in [-0.39, 0.29) is 19.6 Å². The van der Waals surface area contributed by atoms with Crippen LogP contribution in [0.4, 0.5) is 0 Å². The summed E-state index contributed by atoms with van der Waals surface area (Å²) in [6.45, 7) is 0.0511. The summed E-state index contributed by atoms with van der Waals surface area (Å²) in [5, 5.41) is 13.9. The Labute approximate surface area is 133 Å². The highest BCUT2D eigenvalue weighted by atomic mass is 16.5. The van der Waals surface area contributed by atoms with E-state index in [1.165, 1.54) is 0 Å². The van der Waals surface area contributed by atoms with Crippen molar-refractivity contribution in [2.24, 2.45) is 0 Å². The van der Waals surface area contributed by atoms with Gasteiger partial charge in [0.25, 0.3) is 5.91 Å². The molecule has 0 aromatic heterocycles. The zero-order valence-electron chi connectivity index (χ0n) is 12.5. The Morgan fingerprint density at radius 3 is 2.70 bits per heavy atom. The smallest absolute Gasteiger partial charge is 0.331 e. The number of benzene rings is 2. The van der Waals surface area contributed by atoms with Gasteiger partial charge in [-0.15, -0.1) is 0 Å². The number of hydrogen-bond acceptors (Lipinski definition) is 4.